The molecular weight excluding hydrogens is 323 g/mol. The van der Waals surface area contributed by atoms with Crippen LogP contribution in [0.1, 0.15) is 16.8 Å². The summed E-state index contributed by atoms with van der Waals surface area (Å²) in [5, 5.41) is 0. The second kappa shape index (κ2) is 6.76. The summed E-state index contributed by atoms with van der Waals surface area (Å²) in [4.78, 5) is 24.7. The van der Waals surface area contributed by atoms with Gasteiger partial charge in [0.05, 0.1) is 12.4 Å². The normalized spacial score (nSPS) is 23.3. The number of benzene rings is 1. The highest BCUT2D eigenvalue weighted by atomic mass is 19.1. The maximum absolute atomic E-state index is 13.0. The van der Waals surface area contributed by atoms with Crippen LogP contribution in [-0.4, -0.2) is 64.0 Å². The van der Waals surface area contributed by atoms with Crippen molar-refractivity contribution >= 4 is 5.91 Å². The van der Waals surface area contributed by atoms with Gasteiger partial charge in [0.15, 0.2) is 5.75 Å². The molecule has 2 aromatic rings. The zero-order valence-electron chi connectivity index (χ0n) is 13.7. The Bertz CT molecular complexity index is 741. The van der Waals surface area contributed by atoms with Crippen molar-refractivity contribution in [2.75, 3.05) is 26.2 Å². The topological polar surface area (TPSA) is 58.6 Å². The van der Waals surface area contributed by atoms with Gasteiger partial charge in [-0.25, -0.2) is 14.4 Å². The highest BCUT2D eigenvalue weighted by Gasteiger charge is 2.38. The van der Waals surface area contributed by atoms with Crippen LogP contribution in [0, 0.1) is 5.82 Å². The van der Waals surface area contributed by atoms with Crippen LogP contribution in [0.4, 0.5) is 4.39 Å². The Labute approximate surface area is 145 Å². The first-order valence-corrected chi connectivity index (χ1v) is 8.39. The summed E-state index contributed by atoms with van der Waals surface area (Å²) in [5.41, 5.74) is 0.530. The molecule has 0 saturated carbocycles. The van der Waals surface area contributed by atoms with E-state index in [1.54, 1.807) is 24.5 Å². The van der Waals surface area contributed by atoms with Gasteiger partial charge in [-0.2, -0.15) is 0 Å². The van der Waals surface area contributed by atoms with Gasteiger partial charge in [0.25, 0.3) is 5.91 Å². The number of ether oxygens (including phenoxy) is 1. The van der Waals surface area contributed by atoms with E-state index in [1.165, 1.54) is 18.5 Å². The van der Waals surface area contributed by atoms with Crippen molar-refractivity contribution in [1.29, 1.82) is 0 Å². The van der Waals surface area contributed by atoms with Crippen LogP contribution < -0.4 is 4.74 Å². The highest BCUT2D eigenvalue weighted by Crippen LogP contribution is 2.26. The summed E-state index contributed by atoms with van der Waals surface area (Å²) in [5.74, 6) is 0.300. The van der Waals surface area contributed by atoms with Crippen molar-refractivity contribution in [1.82, 2.24) is 19.8 Å². The molecule has 130 valence electrons. The quantitative estimate of drug-likeness (QED) is 0.848. The number of aromatic nitrogens is 2. The molecule has 2 aliphatic heterocycles. The van der Waals surface area contributed by atoms with Gasteiger partial charge >= 0.3 is 0 Å². The Morgan fingerprint density at radius 3 is 2.64 bits per heavy atom. The molecule has 2 saturated heterocycles. The van der Waals surface area contributed by atoms with Gasteiger partial charge in [0.2, 0.25) is 0 Å². The smallest absolute Gasteiger partial charge is 0.253 e. The van der Waals surface area contributed by atoms with Crippen LogP contribution in [0.3, 0.4) is 0 Å². The SMILES string of the molecule is O=C(c1ccc(F)cc1)N1CCN2C[C@H](Oc3cncnc3)C[C@H]2C1. The Morgan fingerprint density at radius 2 is 1.88 bits per heavy atom. The standard InChI is InChI=1S/C18H19FN4O2/c19-14-3-1-13(2-4-14)18(24)23-6-5-22-11-16(7-15(22)10-23)25-17-8-20-12-21-9-17/h1-4,8-9,12,15-16H,5-7,10-11H2/t15-,16+/m0/s1. The first-order valence-electron chi connectivity index (χ1n) is 8.39. The van der Waals surface area contributed by atoms with Gasteiger partial charge in [-0.05, 0) is 24.3 Å². The Balaban J connectivity index is 1.38. The van der Waals surface area contributed by atoms with E-state index in [0.29, 0.717) is 24.4 Å². The molecule has 4 rings (SSSR count). The number of carbonyl (C=O) groups is 1. The molecule has 7 heteroatoms. The number of nitrogens with zero attached hydrogens (tertiary/aromatic N) is 4. The summed E-state index contributed by atoms with van der Waals surface area (Å²) in [6.07, 6.45) is 5.74. The molecule has 0 unspecified atom stereocenters. The predicted octanol–water partition coefficient (Wildman–Crippen LogP) is 1.59. The monoisotopic (exact) mass is 342 g/mol. The second-order valence-electron chi connectivity index (χ2n) is 6.46. The molecule has 2 fully saturated rings. The minimum atomic E-state index is -0.331. The highest BCUT2D eigenvalue weighted by molar-refractivity contribution is 5.94. The van der Waals surface area contributed by atoms with Crippen molar-refractivity contribution in [2.24, 2.45) is 0 Å². The fraction of sp³-hybridized carbons (Fsp3) is 0.389. The lowest BCUT2D eigenvalue weighted by molar-refractivity contribution is 0.0569. The Hall–Kier alpha value is -2.54. The zero-order valence-corrected chi connectivity index (χ0v) is 13.7. The lowest BCUT2D eigenvalue weighted by atomic mass is 10.1. The molecule has 1 aromatic heterocycles. The summed E-state index contributed by atoms with van der Waals surface area (Å²) < 4.78 is 19.0. The van der Waals surface area contributed by atoms with Crippen LogP contribution in [0.15, 0.2) is 43.0 Å². The van der Waals surface area contributed by atoms with E-state index >= 15 is 0 Å². The molecule has 3 heterocycles. The van der Waals surface area contributed by atoms with Crippen molar-refractivity contribution in [3.05, 3.63) is 54.4 Å². The van der Waals surface area contributed by atoms with Crippen LogP contribution >= 0.6 is 0 Å². The summed E-state index contributed by atoms with van der Waals surface area (Å²) >= 11 is 0. The number of halogens is 1. The number of piperazine rings is 1. The minimum Gasteiger partial charge on any atom is -0.486 e. The molecule has 6 nitrogen and oxygen atoms in total. The number of carbonyl (C=O) groups excluding carboxylic acids is 1. The molecule has 0 aliphatic carbocycles. The summed E-state index contributed by atoms with van der Waals surface area (Å²) in [6, 6.07) is 6.02. The van der Waals surface area contributed by atoms with Crippen LogP contribution in [0.2, 0.25) is 0 Å². The van der Waals surface area contributed by atoms with Gasteiger partial charge in [0, 0.05) is 44.2 Å². The van der Waals surface area contributed by atoms with E-state index in [2.05, 4.69) is 14.9 Å². The second-order valence-corrected chi connectivity index (χ2v) is 6.46. The number of hydrogen-bond acceptors (Lipinski definition) is 5. The largest absolute Gasteiger partial charge is 0.486 e. The average Bonchev–Trinajstić information content (AvgIpc) is 3.04. The van der Waals surface area contributed by atoms with Crippen LogP contribution in [0.25, 0.3) is 0 Å². The van der Waals surface area contributed by atoms with E-state index < -0.39 is 0 Å². The van der Waals surface area contributed by atoms with Gasteiger partial charge in [-0.1, -0.05) is 0 Å². The van der Waals surface area contributed by atoms with Crippen molar-refractivity contribution in [3.8, 4) is 5.75 Å². The van der Waals surface area contributed by atoms with E-state index in [0.717, 1.165) is 19.5 Å². The predicted molar refractivity (Wildman–Crippen MR) is 88.7 cm³/mol. The maximum Gasteiger partial charge on any atom is 0.253 e. The number of fused-ring (bicyclic) bond motifs is 1. The Morgan fingerprint density at radius 1 is 1.12 bits per heavy atom. The molecule has 2 aliphatic rings. The van der Waals surface area contributed by atoms with E-state index in [-0.39, 0.29) is 23.9 Å². The third kappa shape index (κ3) is 3.46. The molecular formula is C18H19FN4O2. The molecule has 25 heavy (non-hydrogen) atoms. The van der Waals surface area contributed by atoms with Crippen molar-refractivity contribution in [2.45, 2.75) is 18.6 Å². The zero-order chi connectivity index (χ0) is 17.2. The average molecular weight is 342 g/mol. The van der Waals surface area contributed by atoms with Crippen molar-refractivity contribution < 1.29 is 13.9 Å². The lowest BCUT2D eigenvalue weighted by Crippen LogP contribution is -2.52. The first-order chi connectivity index (χ1) is 12.2. The lowest BCUT2D eigenvalue weighted by Gasteiger charge is -2.37. The van der Waals surface area contributed by atoms with Crippen molar-refractivity contribution in [3.63, 3.8) is 0 Å². The number of rotatable bonds is 3. The molecule has 0 spiro atoms. The molecule has 2 atom stereocenters. The van der Waals surface area contributed by atoms with Gasteiger partial charge in [-0.3, -0.25) is 9.69 Å². The van der Waals surface area contributed by atoms with E-state index in [4.69, 9.17) is 4.74 Å². The molecule has 1 aromatic carbocycles. The summed E-state index contributed by atoms with van der Waals surface area (Å²) in [7, 11) is 0. The molecule has 0 radical (unpaired) electrons. The Kier molecular flexibility index (Phi) is 4.31. The van der Waals surface area contributed by atoms with Crippen LogP contribution in [-0.2, 0) is 0 Å². The van der Waals surface area contributed by atoms with Gasteiger partial charge in [0.1, 0.15) is 18.2 Å². The third-order valence-corrected chi connectivity index (χ3v) is 4.80. The molecule has 1 amide bonds. The van der Waals surface area contributed by atoms with Gasteiger partial charge < -0.3 is 9.64 Å². The van der Waals surface area contributed by atoms with E-state index in [1.807, 2.05) is 4.90 Å². The minimum absolute atomic E-state index is 0.0412. The third-order valence-electron chi connectivity index (χ3n) is 4.80. The maximum atomic E-state index is 13.0. The number of hydrogen-bond donors (Lipinski definition) is 0. The molecule has 0 N–H and O–H groups in total. The summed E-state index contributed by atoms with van der Waals surface area (Å²) in [6.45, 7) is 3.01. The van der Waals surface area contributed by atoms with E-state index in [9.17, 15) is 9.18 Å². The molecule has 0 bridgehead atoms. The fourth-order valence-electron chi connectivity index (χ4n) is 3.58. The fourth-order valence-corrected chi connectivity index (χ4v) is 3.58. The first kappa shape index (κ1) is 16.0. The van der Waals surface area contributed by atoms with Crippen LogP contribution in [0.5, 0.6) is 5.75 Å². The number of amides is 1. The van der Waals surface area contributed by atoms with Gasteiger partial charge in [-0.15, -0.1) is 0 Å².